The zero-order valence-corrected chi connectivity index (χ0v) is 31.7. The Kier molecular flexibility index (Phi) is 15.7. The average molecular weight is 793 g/mol. The van der Waals surface area contributed by atoms with Crippen molar-refractivity contribution >= 4 is 29.2 Å². The number of rotatable bonds is 23. The Hall–Kier alpha value is -3.08. The molecule has 13 nitrogen and oxygen atoms in total. The number of ether oxygens (including phenoxy) is 3. The van der Waals surface area contributed by atoms with Crippen LogP contribution in [0.1, 0.15) is 55.2 Å². The number of hydrogen-bond acceptors (Lipinski definition) is 11. The van der Waals surface area contributed by atoms with Gasteiger partial charge in [-0.25, -0.2) is 4.79 Å². The molecule has 1 aromatic heterocycles. The number of halogens is 2. The highest BCUT2D eigenvalue weighted by Gasteiger charge is 2.48. The summed E-state index contributed by atoms with van der Waals surface area (Å²) in [5.74, 6) is 0.863. The zero-order chi connectivity index (χ0) is 38.7. The van der Waals surface area contributed by atoms with E-state index in [-0.39, 0.29) is 39.1 Å². The van der Waals surface area contributed by atoms with Crippen LogP contribution in [0.4, 0.5) is 4.79 Å². The summed E-state index contributed by atoms with van der Waals surface area (Å²) in [7, 11) is 0. The summed E-state index contributed by atoms with van der Waals surface area (Å²) >= 11 is 13.5. The number of unbranched alkanes of at least 4 members (excludes halogenated alkanes) is 1. The summed E-state index contributed by atoms with van der Waals surface area (Å²) in [4.78, 5) is 18.9. The second-order valence-corrected chi connectivity index (χ2v) is 14.6. The lowest BCUT2D eigenvalue weighted by atomic mass is 9.96. The smallest absolute Gasteiger partial charge is 0.317 e. The minimum atomic E-state index is -1.80. The Balaban J connectivity index is 1.15. The molecule has 0 spiro atoms. The monoisotopic (exact) mass is 791 g/mol. The minimum Gasteiger partial charge on any atom is -0.490 e. The predicted molar refractivity (Wildman–Crippen MR) is 202 cm³/mol. The first kappa shape index (κ1) is 42.1. The van der Waals surface area contributed by atoms with Gasteiger partial charge in [0.05, 0.1) is 50.8 Å². The highest BCUT2D eigenvalue weighted by molar-refractivity contribution is 6.34. The Morgan fingerprint density at radius 1 is 0.926 bits per heavy atom. The number of aromatic nitrogens is 1. The van der Waals surface area contributed by atoms with E-state index < -0.39 is 49.2 Å². The van der Waals surface area contributed by atoms with Crippen molar-refractivity contribution in [3.63, 3.8) is 0 Å². The molecule has 54 heavy (non-hydrogen) atoms. The second kappa shape index (κ2) is 20.2. The molecule has 5 rings (SSSR count). The van der Waals surface area contributed by atoms with Crippen molar-refractivity contribution in [2.75, 3.05) is 46.1 Å². The van der Waals surface area contributed by atoms with Crippen LogP contribution in [0.5, 0.6) is 5.75 Å². The summed E-state index contributed by atoms with van der Waals surface area (Å²) in [6.07, 6.45) is 2.78. The minimum absolute atomic E-state index is 0.113. The van der Waals surface area contributed by atoms with Crippen LogP contribution in [-0.2, 0) is 28.1 Å². The summed E-state index contributed by atoms with van der Waals surface area (Å²) in [6.45, 7) is -0.325. The van der Waals surface area contributed by atoms with Gasteiger partial charge in [-0.2, -0.15) is 0 Å². The van der Waals surface area contributed by atoms with Crippen molar-refractivity contribution in [2.45, 2.75) is 87.7 Å². The first-order chi connectivity index (χ1) is 26.1. The molecular weight excluding hydrogens is 741 g/mol. The fourth-order valence-electron chi connectivity index (χ4n) is 6.16. The number of nitrogens with zero attached hydrogens (tertiary/aromatic N) is 2. The van der Waals surface area contributed by atoms with E-state index in [2.05, 4.69) is 16.4 Å². The Labute approximate surface area is 325 Å². The van der Waals surface area contributed by atoms with Gasteiger partial charge in [0, 0.05) is 53.2 Å². The third kappa shape index (κ3) is 11.5. The third-order valence-corrected chi connectivity index (χ3v) is 10.4. The Bertz CT molecular complexity index is 1660. The molecule has 7 N–H and O–H groups in total. The number of benzene rings is 2. The standard InChI is InChI=1S/C39H51Cl2N3O10/c40-31-20-26(24-53-39(11-12-39)30-21-42-13-10-28(30)29-6-1-2-7-35(29)54-27-8-9-27)32(41)19-25(31)5-3-4-14-44(15-17-52-18-16-45)38(51)43-22-33(47)36(49)37(50)34(48)23-46/h1-2,6-7,10,13,19-21,27,33-34,36-37,45-50H,3-5,8-9,11-12,14-18,22-24H2,(H,43,51). The number of para-hydroxylation sites is 1. The molecule has 4 atom stereocenters. The molecule has 0 aliphatic heterocycles. The van der Waals surface area contributed by atoms with E-state index in [0.717, 1.165) is 59.3 Å². The number of aliphatic hydroxyl groups excluding tert-OH is 6. The summed E-state index contributed by atoms with van der Waals surface area (Å²) in [6, 6.07) is 13.2. The van der Waals surface area contributed by atoms with Gasteiger partial charge in [0.2, 0.25) is 0 Å². The largest absolute Gasteiger partial charge is 0.490 e. The number of amides is 2. The van der Waals surface area contributed by atoms with Crippen LogP contribution in [0.3, 0.4) is 0 Å². The molecule has 2 aliphatic carbocycles. The van der Waals surface area contributed by atoms with Gasteiger partial charge in [0.1, 0.15) is 24.1 Å². The van der Waals surface area contributed by atoms with Crippen LogP contribution in [0.2, 0.25) is 10.0 Å². The number of nitrogens with one attached hydrogen (secondary N) is 1. The fraction of sp³-hybridized carbons (Fsp3) is 0.538. The molecule has 1 heterocycles. The van der Waals surface area contributed by atoms with Gasteiger partial charge in [-0.05, 0) is 85.9 Å². The molecule has 2 saturated carbocycles. The average Bonchev–Trinajstić information content (AvgIpc) is 4.13. The Morgan fingerprint density at radius 3 is 2.37 bits per heavy atom. The zero-order valence-electron chi connectivity index (χ0n) is 30.2. The van der Waals surface area contributed by atoms with Crippen molar-refractivity contribution in [3.05, 3.63) is 81.6 Å². The van der Waals surface area contributed by atoms with E-state index in [0.29, 0.717) is 35.9 Å². The first-order valence-corrected chi connectivity index (χ1v) is 19.2. The SMILES string of the molecule is O=C(NCC(O)C(O)C(O)C(O)CO)N(CCCCc1cc(Cl)c(COC2(c3cnccc3-c3ccccc3OC3CC3)CC2)cc1Cl)CCOCCO. The van der Waals surface area contributed by atoms with Crippen molar-refractivity contribution < 1.29 is 49.6 Å². The van der Waals surface area contributed by atoms with Crippen LogP contribution in [0.15, 0.2) is 54.9 Å². The third-order valence-electron chi connectivity index (χ3n) is 9.67. The van der Waals surface area contributed by atoms with Crippen LogP contribution in [-0.4, -0.2) is 123 Å². The lowest BCUT2D eigenvalue weighted by molar-refractivity contribution is -0.113. The number of pyridine rings is 1. The maximum atomic E-state index is 13.0. The molecule has 15 heteroatoms. The molecule has 2 aromatic carbocycles. The van der Waals surface area contributed by atoms with Crippen LogP contribution < -0.4 is 10.1 Å². The van der Waals surface area contributed by atoms with E-state index >= 15 is 0 Å². The number of aliphatic hydroxyl groups is 6. The Morgan fingerprint density at radius 2 is 1.65 bits per heavy atom. The van der Waals surface area contributed by atoms with Gasteiger partial charge in [-0.1, -0.05) is 41.4 Å². The van der Waals surface area contributed by atoms with Gasteiger partial charge in [-0.15, -0.1) is 0 Å². The molecule has 0 radical (unpaired) electrons. The van der Waals surface area contributed by atoms with E-state index in [1.165, 1.54) is 4.90 Å². The number of carbonyl (C=O) groups is 1. The van der Waals surface area contributed by atoms with Gasteiger partial charge < -0.3 is 55.1 Å². The molecule has 2 amide bonds. The molecule has 296 valence electrons. The molecule has 2 aliphatic rings. The van der Waals surface area contributed by atoms with Crippen LogP contribution in [0, 0.1) is 0 Å². The number of aryl methyl sites for hydroxylation is 1. The lowest BCUT2D eigenvalue weighted by Crippen LogP contribution is -2.51. The first-order valence-electron chi connectivity index (χ1n) is 18.4. The second-order valence-electron chi connectivity index (χ2n) is 13.8. The maximum Gasteiger partial charge on any atom is 0.317 e. The quantitative estimate of drug-likeness (QED) is 0.0695. The van der Waals surface area contributed by atoms with E-state index in [1.54, 1.807) is 6.20 Å². The fourth-order valence-corrected chi connectivity index (χ4v) is 6.69. The van der Waals surface area contributed by atoms with Crippen LogP contribution in [0.25, 0.3) is 11.1 Å². The van der Waals surface area contributed by atoms with E-state index in [4.69, 9.17) is 47.6 Å². The highest BCUT2D eigenvalue weighted by Crippen LogP contribution is 2.53. The molecule has 0 bridgehead atoms. The van der Waals surface area contributed by atoms with Crippen LogP contribution >= 0.6 is 23.2 Å². The predicted octanol–water partition coefficient (Wildman–Crippen LogP) is 3.58. The summed E-state index contributed by atoms with van der Waals surface area (Å²) in [5.41, 5.74) is 4.22. The molecule has 2 fully saturated rings. The van der Waals surface area contributed by atoms with Gasteiger partial charge in [0.25, 0.3) is 0 Å². The maximum absolute atomic E-state index is 13.0. The molecule has 4 unspecified atom stereocenters. The number of carbonyl (C=O) groups excluding carboxylic acids is 1. The number of urea groups is 1. The van der Waals surface area contributed by atoms with Gasteiger partial charge >= 0.3 is 6.03 Å². The van der Waals surface area contributed by atoms with E-state index in [1.807, 2.05) is 42.6 Å². The number of hydrogen-bond donors (Lipinski definition) is 7. The lowest BCUT2D eigenvalue weighted by Gasteiger charge is -2.27. The molecule has 3 aromatic rings. The molecule has 0 saturated heterocycles. The topological polar surface area (TPSA) is 194 Å². The van der Waals surface area contributed by atoms with Crippen molar-refractivity contribution in [2.24, 2.45) is 0 Å². The summed E-state index contributed by atoms with van der Waals surface area (Å²) in [5, 5.41) is 61.3. The van der Waals surface area contributed by atoms with Crippen molar-refractivity contribution in [1.29, 1.82) is 0 Å². The highest BCUT2D eigenvalue weighted by atomic mass is 35.5. The molecular formula is C39H51Cl2N3O10. The van der Waals surface area contributed by atoms with E-state index in [9.17, 15) is 25.2 Å². The summed E-state index contributed by atoms with van der Waals surface area (Å²) < 4.78 is 18.2. The van der Waals surface area contributed by atoms with Gasteiger partial charge in [0.15, 0.2) is 0 Å². The van der Waals surface area contributed by atoms with Crippen molar-refractivity contribution in [1.82, 2.24) is 15.2 Å². The normalized spacial score (nSPS) is 17.0. The van der Waals surface area contributed by atoms with Crippen molar-refractivity contribution in [3.8, 4) is 16.9 Å². The van der Waals surface area contributed by atoms with Gasteiger partial charge in [-0.3, -0.25) is 4.98 Å².